The van der Waals surface area contributed by atoms with Gasteiger partial charge in [-0.25, -0.2) is 4.98 Å². The number of benzene rings is 1. The number of imidazole rings is 1. The average molecular weight is 444 g/mol. The smallest absolute Gasteiger partial charge is 0.291 e. The highest BCUT2D eigenvalue weighted by Gasteiger charge is 2.34. The summed E-state index contributed by atoms with van der Waals surface area (Å²) in [5.74, 6) is 0.0616. The lowest BCUT2D eigenvalue weighted by Gasteiger charge is -2.36. The topological polar surface area (TPSA) is 98.4 Å². The Morgan fingerprint density at radius 3 is 2.55 bits per heavy atom. The Bertz CT molecular complexity index is 1100. The van der Waals surface area contributed by atoms with Crippen molar-refractivity contribution in [2.45, 2.75) is 38.5 Å². The number of anilines is 1. The number of amides is 1. The van der Waals surface area contributed by atoms with Crippen molar-refractivity contribution in [3.8, 4) is 0 Å². The van der Waals surface area contributed by atoms with E-state index in [1.807, 2.05) is 19.1 Å². The zero-order valence-electron chi connectivity index (χ0n) is 18.2. The number of nitrogens with one attached hydrogen (secondary N) is 2. The Balaban J connectivity index is 1.66. The third-order valence-corrected chi connectivity index (χ3v) is 7.93. The predicted octanol–water partition coefficient (Wildman–Crippen LogP) is 3.13. The highest BCUT2D eigenvalue weighted by atomic mass is 32.2. The maximum atomic E-state index is 12.7. The van der Waals surface area contributed by atoms with E-state index in [0.717, 1.165) is 41.8 Å². The Morgan fingerprint density at radius 2 is 1.94 bits per heavy atom. The zero-order valence-corrected chi connectivity index (χ0v) is 19.0. The van der Waals surface area contributed by atoms with Crippen LogP contribution in [-0.2, 0) is 10.2 Å². The molecule has 1 saturated heterocycles. The van der Waals surface area contributed by atoms with Crippen molar-refractivity contribution in [2.75, 3.05) is 32.5 Å². The Labute approximate surface area is 183 Å². The minimum absolute atomic E-state index is 0.0546. The summed E-state index contributed by atoms with van der Waals surface area (Å²) < 4.78 is 27.4. The average Bonchev–Trinajstić information content (AvgIpc) is 3.19. The number of rotatable bonds is 4. The first kappa shape index (κ1) is 21.7. The molecule has 0 radical (unpaired) electrons. The number of carbonyl (C=O) groups excluding carboxylic acids is 1. The van der Waals surface area contributed by atoms with Crippen LogP contribution in [0.4, 0.5) is 5.69 Å². The van der Waals surface area contributed by atoms with Crippen molar-refractivity contribution in [3.05, 3.63) is 53.1 Å². The second kappa shape index (κ2) is 8.57. The van der Waals surface area contributed by atoms with Crippen LogP contribution in [0.15, 0.2) is 30.5 Å². The van der Waals surface area contributed by atoms with E-state index in [-0.39, 0.29) is 17.6 Å². The number of hydrogen-bond acceptors (Lipinski definition) is 4. The lowest BCUT2D eigenvalue weighted by Crippen LogP contribution is -2.49. The fraction of sp³-hybridized carbons (Fsp3) is 0.455. The minimum atomic E-state index is -3.38. The van der Waals surface area contributed by atoms with Gasteiger partial charge in [-0.05, 0) is 55.9 Å². The van der Waals surface area contributed by atoms with E-state index >= 15 is 0 Å². The third-order valence-electron chi connectivity index (χ3n) is 6.06. The van der Waals surface area contributed by atoms with Crippen LogP contribution in [0.3, 0.4) is 0 Å². The van der Waals surface area contributed by atoms with Gasteiger partial charge in [0.15, 0.2) is 5.82 Å². The quantitative estimate of drug-likeness (QED) is 0.758. The molecular formula is C22H29N5O3S. The fourth-order valence-corrected chi connectivity index (χ4v) is 5.51. The first-order chi connectivity index (χ1) is 14.8. The van der Waals surface area contributed by atoms with Crippen molar-refractivity contribution in [2.24, 2.45) is 0 Å². The van der Waals surface area contributed by atoms with E-state index in [4.69, 9.17) is 0 Å². The number of allylic oxidation sites excluding steroid dienone is 2. The number of aromatic nitrogens is 2. The second-order valence-electron chi connectivity index (χ2n) is 8.41. The number of aryl methyl sites for hydroxylation is 1. The number of carbonyl (C=O) groups is 1. The molecule has 1 amide bonds. The minimum Gasteiger partial charge on any atom is -0.338 e. The van der Waals surface area contributed by atoms with Crippen LogP contribution in [-0.4, -0.2) is 60.1 Å². The molecule has 0 unspecified atom stereocenters. The Kier molecular flexibility index (Phi) is 6.00. The summed E-state index contributed by atoms with van der Waals surface area (Å²) in [6.07, 6.45) is 8.16. The van der Waals surface area contributed by atoms with E-state index in [0.29, 0.717) is 13.1 Å². The molecule has 1 aliphatic heterocycles. The number of H-pyrrole nitrogens is 1. The van der Waals surface area contributed by atoms with Crippen LogP contribution in [0.2, 0.25) is 0 Å². The van der Waals surface area contributed by atoms with Crippen LogP contribution in [0.25, 0.3) is 5.57 Å². The maximum Gasteiger partial charge on any atom is 0.291 e. The third kappa shape index (κ3) is 4.44. The zero-order chi connectivity index (χ0) is 22.2. The van der Waals surface area contributed by atoms with Crippen LogP contribution in [0.1, 0.15) is 59.0 Å². The lowest BCUT2D eigenvalue weighted by molar-refractivity contribution is 0.101. The summed E-state index contributed by atoms with van der Waals surface area (Å²) in [5.41, 5.74) is 4.89. The first-order valence-corrected chi connectivity index (χ1v) is 12.0. The molecule has 1 aromatic heterocycles. The van der Waals surface area contributed by atoms with Crippen molar-refractivity contribution in [3.63, 3.8) is 0 Å². The number of likely N-dealkylation sites (N-methyl/N-ethyl adjacent to an activating group) is 2. The molecule has 2 heterocycles. The molecule has 31 heavy (non-hydrogen) atoms. The van der Waals surface area contributed by atoms with Gasteiger partial charge in [-0.1, -0.05) is 12.1 Å². The number of hydrogen-bond donors (Lipinski definition) is 2. The van der Waals surface area contributed by atoms with Crippen molar-refractivity contribution < 1.29 is 13.2 Å². The van der Waals surface area contributed by atoms with E-state index in [1.165, 1.54) is 20.6 Å². The molecule has 166 valence electrons. The van der Waals surface area contributed by atoms with Gasteiger partial charge in [0.2, 0.25) is 0 Å². The van der Waals surface area contributed by atoms with E-state index in [1.54, 1.807) is 20.3 Å². The van der Waals surface area contributed by atoms with Gasteiger partial charge < -0.3 is 10.3 Å². The first-order valence-electron chi connectivity index (χ1n) is 10.6. The van der Waals surface area contributed by atoms with Gasteiger partial charge in [-0.15, -0.1) is 0 Å². The number of nitrogens with zero attached hydrogens (tertiary/aromatic N) is 3. The monoisotopic (exact) mass is 443 g/mol. The molecule has 1 aromatic carbocycles. The highest BCUT2D eigenvalue weighted by molar-refractivity contribution is 7.86. The lowest BCUT2D eigenvalue weighted by atomic mass is 9.89. The summed E-state index contributed by atoms with van der Waals surface area (Å²) in [5, 5.41) is 3.01. The Morgan fingerprint density at radius 1 is 1.19 bits per heavy atom. The predicted molar refractivity (Wildman–Crippen MR) is 121 cm³/mol. The Hall–Kier alpha value is -2.49. The SMILES string of the molecule is Cc1cnc(C(=O)Nc2ccc(C3CN(C)S(=O)(=O)N(C)C3)cc2C2=CCCCC2)[nH]1. The van der Waals surface area contributed by atoms with Crippen LogP contribution in [0.5, 0.6) is 0 Å². The van der Waals surface area contributed by atoms with Crippen molar-refractivity contribution in [1.82, 2.24) is 18.6 Å². The largest absolute Gasteiger partial charge is 0.338 e. The molecule has 1 aliphatic carbocycles. The van der Waals surface area contributed by atoms with Gasteiger partial charge in [0.25, 0.3) is 16.1 Å². The summed E-state index contributed by atoms with van der Waals surface area (Å²) in [4.78, 5) is 19.8. The molecule has 8 nitrogen and oxygen atoms in total. The van der Waals surface area contributed by atoms with Crippen molar-refractivity contribution >= 4 is 27.4 Å². The second-order valence-corrected chi connectivity index (χ2v) is 10.6. The highest BCUT2D eigenvalue weighted by Crippen LogP contribution is 2.35. The molecule has 2 aliphatic rings. The summed E-state index contributed by atoms with van der Waals surface area (Å²) in [6.45, 7) is 2.72. The maximum absolute atomic E-state index is 12.7. The molecule has 2 aromatic rings. The molecular weight excluding hydrogens is 414 g/mol. The van der Waals surface area contributed by atoms with Crippen molar-refractivity contribution in [1.29, 1.82) is 0 Å². The van der Waals surface area contributed by atoms with Gasteiger partial charge in [-0.3, -0.25) is 4.79 Å². The van der Waals surface area contributed by atoms with Gasteiger partial charge in [-0.2, -0.15) is 17.0 Å². The molecule has 4 rings (SSSR count). The standard InChI is InChI=1S/C22H29N5O3S/c1-15-12-23-21(24-15)22(28)25-20-10-9-17(11-19(20)16-7-5-4-6-8-16)18-13-26(2)31(29,30)27(3)14-18/h7,9-12,18H,4-6,8,13-14H2,1-3H3,(H,23,24)(H,25,28). The molecule has 9 heteroatoms. The van der Waals surface area contributed by atoms with Crippen LogP contribution < -0.4 is 5.32 Å². The van der Waals surface area contributed by atoms with E-state index in [9.17, 15) is 13.2 Å². The van der Waals surface area contributed by atoms with Crippen LogP contribution in [0, 0.1) is 6.92 Å². The molecule has 1 fully saturated rings. The molecule has 0 atom stereocenters. The normalized spacial score (nSPS) is 20.4. The molecule has 2 N–H and O–H groups in total. The van der Waals surface area contributed by atoms with Gasteiger partial charge in [0.05, 0.1) is 0 Å². The summed E-state index contributed by atoms with van der Waals surface area (Å²) in [7, 11) is -0.149. The number of aromatic amines is 1. The van der Waals surface area contributed by atoms with Gasteiger partial charge in [0, 0.05) is 56.2 Å². The van der Waals surface area contributed by atoms with Gasteiger partial charge in [0.1, 0.15) is 0 Å². The fourth-order valence-electron chi connectivity index (χ4n) is 4.30. The summed E-state index contributed by atoms with van der Waals surface area (Å²) >= 11 is 0. The van der Waals surface area contributed by atoms with Gasteiger partial charge >= 0.3 is 0 Å². The molecule has 0 bridgehead atoms. The van der Waals surface area contributed by atoms with E-state index < -0.39 is 10.2 Å². The van der Waals surface area contributed by atoms with E-state index in [2.05, 4.69) is 27.4 Å². The summed E-state index contributed by atoms with van der Waals surface area (Å²) in [6, 6.07) is 6.03. The molecule has 0 spiro atoms. The van der Waals surface area contributed by atoms with Crippen LogP contribution >= 0.6 is 0 Å². The molecule has 0 saturated carbocycles.